The molecule has 2 heterocycles. The number of hydrogen-bond acceptors (Lipinski definition) is 4. The van der Waals surface area contributed by atoms with Crippen LogP contribution in [-0.4, -0.2) is 35.1 Å². The van der Waals surface area contributed by atoms with E-state index in [2.05, 4.69) is 25.5 Å². The van der Waals surface area contributed by atoms with Crippen molar-refractivity contribution in [2.24, 2.45) is 0 Å². The maximum Gasteiger partial charge on any atom is 0.320 e. The smallest absolute Gasteiger partial charge is 0.320 e. The SMILES string of the molecule is O=C(Nc1cc(N2CCCCC2)ncn1)NC1CCCCC1. The molecule has 2 fully saturated rings. The predicted molar refractivity (Wildman–Crippen MR) is 87.1 cm³/mol. The summed E-state index contributed by atoms with van der Waals surface area (Å²) in [6, 6.07) is 2.01. The summed E-state index contributed by atoms with van der Waals surface area (Å²) in [6.45, 7) is 2.06. The second kappa shape index (κ2) is 7.42. The Morgan fingerprint density at radius 3 is 2.55 bits per heavy atom. The van der Waals surface area contributed by atoms with E-state index in [1.807, 2.05) is 6.07 Å². The van der Waals surface area contributed by atoms with E-state index in [0.29, 0.717) is 11.9 Å². The van der Waals surface area contributed by atoms with E-state index in [4.69, 9.17) is 0 Å². The third kappa shape index (κ3) is 4.08. The highest BCUT2D eigenvalue weighted by Gasteiger charge is 2.17. The largest absolute Gasteiger partial charge is 0.356 e. The molecule has 0 radical (unpaired) electrons. The summed E-state index contributed by atoms with van der Waals surface area (Å²) in [5.41, 5.74) is 0. The Hall–Kier alpha value is -1.85. The maximum absolute atomic E-state index is 12.1. The third-order valence-corrected chi connectivity index (χ3v) is 4.51. The van der Waals surface area contributed by atoms with Gasteiger partial charge in [-0.2, -0.15) is 0 Å². The van der Waals surface area contributed by atoms with E-state index in [1.54, 1.807) is 0 Å². The molecule has 1 aromatic heterocycles. The number of nitrogens with one attached hydrogen (secondary N) is 2. The average molecular weight is 303 g/mol. The summed E-state index contributed by atoms with van der Waals surface area (Å²) in [7, 11) is 0. The fraction of sp³-hybridized carbons (Fsp3) is 0.688. The molecule has 1 saturated carbocycles. The van der Waals surface area contributed by atoms with Crippen LogP contribution in [0.15, 0.2) is 12.4 Å². The van der Waals surface area contributed by atoms with Crippen molar-refractivity contribution in [2.45, 2.75) is 57.4 Å². The van der Waals surface area contributed by atoms with Crippen LogP contribution < -0.4 is 15.5 Å². The third-order valence-electron chi connectivity index (χ3n) is 4.51. The van der Waals surface area contributed by atoms with Crippen molar-refractivity contribution in [3.05, 3.63) is 12.4 Å². The van der Waals surface area contributed by atoms with Gasteiger partial charge in [0.25, 0.3) is 0 Å². The van der Waals surface area contributed by atoms with Crippen molar-refractivity contribution in [2.75, 3.05) is 23.3 Å². The predicted octanol–water partition coefficient (Wildman–Crippen LogP) is 2.92. The second-order valence-corrected chi connectivity index (χ2v) is 6.24. The summed E-state index contributed by atoms with van der Waals surface area (Å²) in [4.78, 5) is 22.8. The van der Waals surface area contributed by atoms with Crippen LogP contribution in [-0.2, 0) is 0 Å². The number of carbonyl (C=O) groups is 1. The van der Waals surface area contributed by atoms with Gasteiger partial charge < -0.3 is 10.2 Å². The quantitative estimate of drug-likeness (QED) is 0.900. The summed E-state index contributed by atoms with van der Waals surface area (Å²) >= 11 is 0. The van der Waals surface area contributed by atoms with Crippen LogP contribution in [0.3, 0.4) is 0 Å². The van der Waals surface area contributed by atoms with Gasteiger partial charge in [0.05, 0.1) is 0 Å². The summed E-state index contributed by atoms with van der Waals surface area (Å²) in [5.74, 6) is 1.48. The Balaban J connectivity index is 1.56. The van der Waals surface area contributed by atoms with Crippen molar-refractivity contribution < 1.29 is 4.79 Å². The van der Waals surface area contributed by atoms with Crippen molar-refractivity contribution >= 4 is 17.7 Å². The first-order chi connectivity index (χ1) is 10.8. The zero-order chi connectivity index (χ0) is 15.2. The lowest BCUT2D eigenvalue weighted by Gasteiger charge is -2.27. The van der Waals surface area contributed by atoms with E-state index in [0.717, 1.165) is 31.7 Å². The van der Waals surface area contributed by atoms with Crippen molar-refractivity contribution in [1.82, 2.24) is 15.3 Å². The molecule has 2 N–H and O–H groups in total. The molecule has 0 aromatic carbocycles. The first kappa shape index (κ1) is 15.1. The molecule has 1 aromatic rings. The van der Waals surface area contributed by atoms with Gasteiger partial charge in [-0.1, -0.05) is 19.3 Å². The topological polar surface area (TPSA) is 70.2 Å². The number of nitrogens with zero attached hydrogens (tertiary/aromatic N) is 3. The molecule has 0 bridgehead atoms. The highest BCUT2D eigenvalue weighted by atomic mass is 16.2. The van der Waals surface area contributed by atoms with Crippen LogP contribution in [0.1, 0.15) is 51.4 Å². The Kier molecular flexibility index (Phi) is 5.08. The highest BCUT2D eigenvalue weighted by molar-refractivity contribution is 5.88. The Morgan fingerprint density at radius 2 is 1.77 bits per heavy atom. The van der Waals surface area contributed by atoms with E-state index in [1.165, 1.54) is 44.9 Å². The zero-order valence-electron chi connectivity index (χ0n) is 13.1. The van der Waals surface area contributed by atoms with Gasteiger partial charge in [0, 0.05) is 25.2 Å². The molecule has 0 spiro atoms. The van der Waals surface area contributed by atoms with E-state index < -0.39 is 0 Å². The summed E-state index contributed by atoms with van der Waals surface area (Å²) in [5, 5.41) is 5.88. The zero-order valence-corrected chi connectivity index (χ0v) is 13.1. The number of piperidine rings is 1. The fourth-order valence-electron chi connectivity index (χ4n) is 3.30. The molecule has 1 aliphatic carbocycles. The lowest BCUT2D eigenvalue weighted by molar-refractivity contribution is 0.244. The van der Waals surface area contributed by atoms with Crippen LogP contribution in [0.2, 0.25) is 0 Å². The molecule has 120 valence electrons. The molecule has 2 aliphatic rings. The van der Waals surface area contributed by atoms with Crippen molar-refractivity contribution in [3.63, 3.8) is 0 Å². The summed E-state index contributed by atoms with van der Waals surface area (Å²) in [6.07, 6.45) is 11.1. The maximum atomic E-state index is 12.1. The lowest BCUT2D eigenvalue weighted by Crippen LogP contribution is -2.39. The number of carbonyl (C=O) groups excluding carboxylic acids is 1. The first-order valence-electron chi connectivity index (χ1n) is 8.46. The van der Waals surface area contributed by atoms with Crippen molar-refractivity contribution in [3.8, 4) is 0 Å². The highest BCUT2D eigenvalue weighted by Crippen LogP contribution is 2.20. The van der Waals surface area contributed by atoms with E-state index in [9.17, 15) is 4.79 Å². The van der Waals surface area contributed by atoms with Crippen LogP contribution in [0.4, 0.5) is 16.4 Å². The Morgan fingerprint density at radius 1 is 1.05 bits per heavy atom. The summed E-state index contributed by atoms with van der Waals surface area (Å²) < 4.78 is 0. The average Bonchev–Trinajstić information content (AvgIpc) is 2.57. The van der Waals surface area contributed by atoms with Gasteiger partial charge in [0.1, 0.15) is 18.0 Å². The Bertz CT molecular complexity index is 495. The van der Waals surface area contributed by atoms with Crippen LogP contribution in [0, 0.1) is 0 Å². The monoisotopic (exact) mass is 303 g/mol. The van der Waals surface area contributed by atoms with Gasteiger partial charge in [-0.05, 0) is 32.1 Å². The second-order valence-electron chi connectivity index (χ2n) is 6.24. The minimum absolute atomic E-state index is 0.157. The first-order valence-corrected chi connectivity index (χ1v) is 8.46. The van der Waals surface area contributed by atoms with E-state index in [-0.39, 0.29) is 6.03 Å². The minimum atomic E-state index is -0.157. The number of aromatic nitrogens is 2. The van der Waals surface area contributed by atoms with E-state index >= 15 is 0 Å². The molecular weight excluding hydrogens is 278 g/mol. The molecule has 1 aliphatic heterocycles. The van der Waals surface area contributed by atoms with Gasteiger partial charge in [-0.25, -0.2) is 14.8 Å². The van der Waals surface area contributed by atoms with Crippen LogP contribution in [0.5, 0.6) is 0 Å². The molecular formula is C16H25N5O. The fourth-order valence-corrected chi connectivity index (χ4v) is 3.30. The van der Waals surface area contributed by atoms with Crippen LogP contribution in [0.25, 0.3) is 0 Å². The molecule has 3 rings (SSSR count). The number of hydrogen-bond donors (Lipinski definition) is 2. The van der Waals surface area contributed by atoms with Gasteiger partial charge in [-0.15, -0.1) is 0 Å². The minimum Gasteiger partial charge on any atom is -0.356 e. The molecule has 2 amide bonds. The number of urea groups is 1. The van der Waals surface area contributed by atoms with Gasteiger partial charge in [0.15, 0.2) is 0 Å². The molecule has 6 nitrogen and oxygen atoms in total. The molecule has 1 saturated heterocycles. The standard InChI is InChI=1S/C16H25N5O/c22-16(19-13-7-3-1-4-8-13)20-14-11-15(18-12-17-14)21-9-5-2-6-10-21/h11-13H,1-10H2,(H2,17,18,19,20,22). The molecule has 22 heavy (non-hydrogen) atoms. The van der Waals surface area contributed by atoms with Crippen LogP contribution >= 0.6 is 0 Å². The lowest BCUT2D eigenvalue weighted by atomic mass is 9.96. The molecule has 0 atom stereocenters. The molecule has 0 unspecified atom stereocenters. The molecule has 6 heteroatoms. The van der Waals surface area contributed by atoms with Crippen molar-refractivity contribution in [1.29, 1.82) is 0 Å². The number of rotatable bonds is 3. The van der Waals surface area contributed by atoms with Gasteiger partial charge in [0.2, 0.25) is 0 Å². The normalized spacial score (nSPS) is 19.7. The Labute approximate surface area is 131 Å². The van der Waals surface area contributed by atoms with Gasteiger partial charge in [-0.3, -0.25) is 5.32 Å². The number of anilines is 2. The van der Waals surface area contributed by atoms with Gasteiger partial charge >= 0.3 is 6.03 Å². The number of amides is 2.